The van der Waals surface area contributed by atoms with Crippen LogP contribution in [0, 0.1) is 11.7 Å². The van der Waals surface area contributed by atoms with Crippen molar-refractivity contribution in [1.82, 2.24) is 10.7 Å². The van der Waals surface area contributed by atoms with E-state index in [1.165, 1.54) is 24.4 Å². The maximum Gasteiger partial charge on any atom is 0.262 e. The molecule has 0 aliphatic heterocycles. The Bertz CT molecular complexity index is 932. The standard InChI is InChI=1S/C22H25BrFN3O3/c1-13(2)20(26-21(28)16-7-5-6-8-18(16)24)22(29)27-25-12-15-9-10-19(17(23)11-15)30-14(3)4/h5-14,20H,1-4H3,(H,26,28)(H,27,29)/b25-12+. The molecule has 2 amide bonds. The van der Waals surface area contributed by atoms with Gasteiger partial charge in [0.05, 0.1) is 22.4 Å². The van der Waals surface area contributed by atoms with Gasteiger partial charge < -0.3 is 10.1 Å². The van der Waals surface area contributed by atoms with Crippen molar-refractivity contribution in [2.75, 3.05) is 0 Å². The van der Waals surface area contributed by atoms with Crippen molar-refractivity contribution in [2.24, 2.45) is 11.0 Å². The first-order valence-electron chi connectivity index (χ1n) is 9.53. The molecule has 0 heterocycles. The molecule has 6 nitrogen and oxygen atoms in total. The number of nitrogens with zero attached hydrogens (tertiary/aromatic N) is 1. The molecule has 0 bridgehead atoms. The van der Waals surface area contributed by atoms with Gasteiger partial charge in [-0.2, -0.15) is 5.10 Å². The fraction of sp³-hybridized carbons (Fsp3) is 0.318. The van der Waals surface area contributed by atoms with E-state index in [0.29, 0.717) is 5.75 Å². The lowest BCUT2D eigenvalue weighted by atomic mass is 10.0. The Morgan fingerprint density at radius 2 is 1.83 bits per heavy atom. The molecule has 0 aliphatic rings. The van der Waals surface area contributed by atoms with Crippen molar-refractivity contribution < 1.29 is 18.7 Å². The van der Waals surface area contributed by atoms with Crippen molar-refractivity contribution >= 4 is 34.0 Å². The summed E-state index contributed by atoms with van der Waals surface area (Å²) >= 11 is 3.44. The third-order valence-corrected chi connectivity index (χ3v) is 4.68. The van der Waals surface area contributed by atoms with Crippen LogP contribution in [0.3, 0.4) is 0 Å². The number of benzene rings is 2. The predicted octanol–water partition coefficient (Wildman–Crippen LogP) is 4.28. The smallest absolute Gasteiger partial charge is 0.262 e. The zero-order valence-electron chi connectivity index (χ0n) is 17.3. The van der Waals surface area contributed by atoms with Crippen LogP contribution < -0.4 is 15.5 Å². The molecule has 0 saturated heterocycles. The van der Waals surface area contributed by atoms with Gasteiger partial charge in [0.2, 0.25) is 0 Å². The van der Waals surface area contributed by atoms with E-state index in [-0.39, 0.29) is 17.6 Å². The Kier molecular flexibility index (Phi) is 8.53. The monoisotopic (exact) mass is 477 g/mol. The normalized spacial score (nSPS) is 12.3. The van der Waals surface area contributed by atoms with E-state index in [1.54, 1.807) is 32.0 Å². The maximum absolute atomic E-state index is 13.8. The Balaban J connectivity index is 2.02. The Labute approximate surface area is 184 Å². The number of hydrogen-bond acceptors (Lipinski definition) is 4. The number of ether oxygens (including phenoxy) is 1. The Morgan fingerprint density at radius 1 is 1.13 bits per heavy atom. The van der Waals surface area contributed by atoms with E-state index in [0.717, 1.165) is 10.0 Å². The maximum atomic E-state index is 13.8. The molecule has 1 unspecified atom stereocenters. The quantitative estimate of drug-likeness (QED) is 0.439. The lowest BCUT2D eigenvalue weighted by Crippen LogP contribution is -2.48. The van der Waals surface area contributed by atoms with E-state index in [2.05, 4.69) is 31.8 Å². The number of carbonyl (C=O) groups is 2. The van der Waals surface area contributed by atoms with Crippen LogP contribution in [0.2, 0.25) is 0 Å². The van der Waals surface area contributed by atoms with E-state index in [9.17, 15) is 14.0 Å². The average Bonchev–Trinajstić information content (AvgIpc) is 2.67. The van der Waals surface area contributed by atoms with Crippen LogP contribution in [-0.4, -0.2) is 30.2 Å². The summed E-state index contributed by atoms with van der Waals surface area (Å²) in [7, 11) is 0. The second-order valence-corrected chi connectivity index (χ2v) is 8.12. The minimum Gasteiger partial charge on any atom is -0.490 e. The highest BCUT2D eigenvalue weighted by Crippen LogP contribution is 2.26. The average molecular weight is 478 g/mol. The zero-order chi connectivity index (χ0) is 22.3. The Hall–Kier alpha value is -2.74. The minimum atomic E-state index is -0.872. The number of hydrazone groups is 1. The molecule has 2 aromatic carbocycles. The van der Waals surface area contributed by atoms with Crippen LogP contribution >= 0.6 is 15.9 Å². The number of hydrogen-bond donors (Lipinski definition) is 2. The second-order valence-electron chi connectivity index (χ2n) is 7.27. The molecule has 0 fully saturated rings. The molecule has 0 aromatic heterocycles. The van der Waals surface area contributed by atoms with E-state index in [4.69, 9.17) is 4.74 Å². The van der Waals surface area contributed by atoms with Gasteiger partial charge in [0.15, 0.2) is 0 Å². The van der Waals surface area contributed by atoms with Crippen LogP contribution in [0.25, 0.3) is 0 Å². The lowest BCUT2D eigenvalue weighted by molar-refractivity contribution is -0.123. The second kappa shape index (κ2) is 10.9. The highest BCUT2D eigenvalue weighted by molar-refractivity contribution is 9.10. The highest BCUT2D eigenvalue weighted by Gasteiger charge is 2.25. The minimum absolute atomic E-state index is 0.0487. The molecule has 0 spiro atoms. The van der Waals surface area contributed by atoms with Crippen LogP contribution in [0.5, 0.6) is 5.75 Å². The topological polar surface area (TPSA) is 79.8 Å². The van der Waals surface area contributed by atoms with Gasteiger partial charge in [0.25, 0.3) is 11.8 Å². The molecular formula is C22H25BrFN3O3. The summed E-state index contributed by atoms with van der Waals surface area (Å²) in [4.78, 5) is 24.8. The van der Waals surface area contributed by atoms with Crippen molar-refractivity contribution in [1.29, 1.82) is 0 Å². The van der Waals surface area contributed by atoms with Crippen LogP contribution in [0.4, 0.5) is 4.39 Å². The lowest BCUT2D eigenvalue weighted by Gasteiger charge is -2.20. The molecule has 1 atom stereocenters. The van der Waals surface area contributed by atoms with Gasteiger partial charge in [-0.1, -0.05) is 26.0 Å². The number of nitrogens with one attached hydrogen (secondary N) is 2. The van der Waals surface area contributed by atoms with Gasteiger partial charge in [0.1, 0.15) is 17.6 Å². The van der Waals surface area contributed by atoms with Crippen LogP contribution in [-0.2, 0) is 4.79 Å². The first kappa shape index (κ1) is 23.5. The number of amides is 2. The SMILES string of the molecule is CC(C)Oc1ccc(/C=N/NC(=O)C(NC(=O)c2ccccc2F)C(C)C)cc1Br. The molecule has 160 valence electrons. The zero-order valence-corrected chi connectivity index (χ0v) is 18.9. The molecule has 8 heteroatoms. The molecule has 0 aliphatic carbocycles. The summed E-state index contributed by atoms with van der Waals surface area (Å²) in [6.45, 7) is 7.43. The van der Waals surface area contributed by atoms with Crippen molar-refractivity contribution in [3.8, 4) is 5.75 Å². The van der Waals surface area contributed by atoms with Gasteiger partial charge in [-0.25, -0.2) is 9.82 Å². The molecule has 2 aromatic rings. The summed E-state index contributed by atoms with van der Waals surface area (Å²) in [6, 6.07) is 10.2. The fourth-order valence-electron chi connectivity index (χ4n) is 2.59. The summed E-state index contributed by atoms with van der Waals surface area (Å²) in [5, 5.41) is 6.53. The molecular weight excluding hydrogens is 453 g/mol. The van der Waals surface area contributed by atoms with Gasteiger partial charge in [-0.05, 0) is 71.6 Å². The Morgan fingerprint density at radius 3 is 2.43 bits per heavy atom. The van der Waals surface area contributed by atoms with Gasteiger partial charge in [0, 0.05) is 0 Å². The molecule has 0 radical (unpaired) electrons. The largest absolute Gasteiger partial charge is 0.490 e. The number of halogens is 2. The van der Waals surface area contributed by atoms with Crippen LogP contribution in [0.1, 0.15) is 43.6 Å². The first-order valence-corrected chi connectivity index (χ1v) is 10.3. The van der Waals surface area contributed by atoms with E-state index in [1.807, 2.05) is 19.9 Å². The van der Waals surface area contributed by atoms with E-state index < -0.39 is 23.7 Å². The van der Waals surface area contributed by atoms with Crippen molar-refractivity contribution in [2.45, 2.75) is 39.8 Å². The summed E-state index contributed by atoms with van der Waals surface area (Å²) < 4.78 is 20.2. The molecule has 2 rings (SSSR count). The number of carbonyl (C=O) groups excluding carboxylic acids is 2. The molecule has 0 saturated carbocycles. The molecule has 2 N–H and O–H groups in total. The van der Waals surface area contributed by atoms with Gasteiger partial charge >= 0.3 is 0 Å². The predicted molar refractivity (Wildman–Crippen MR) is 118 cm³/mol. The molecule has 30 heavy (non-hydrogen) atoms. The fourth-order valence-corrected chi connectivity index (χ4v) is 3.08. The van der Waals surface area contributed by atoms with Crippen LogP contribution in [0.15, 0.2) is 52.0 Å². The number of rotatable bonds is 8. The summed E-state index contributed by atoms with van der Waals surface area (Å²) in [5.74, 6) is -1.31. The van der Waals surface area contributed by atoms with Crippen molar-refractivity contribution in [3.63, 3.8) is 0 Å². The van der Waals surface area contributed by atoms with E-state index >= 15 is 0 Å². The summed E-state index contributed by atoms with van der Waals surface area (Å²) in [5.41, 5.74) is 3.05. The van der Waals surface area contributed by atoms with Gasteiger partial charge in [-0.3, -0.25) is 9.59 Å². The highest BCUT2D eigenvalue weighted by atomic mass is 79.9. The van der Waals surface area contributed by atoms with Gasteiger partial charge in [-0.15, -0.1) is 0 Å². The summed E-state index contributed by atoms with van der Waals surface area (Å²) in [6.07, 6.45) is 1.53. The first-order chi connectivity index (χ1) is 14.2. The van der Waals surface area contributed by atoms with Crippen molar-refractivity contribution in [3.05, 3.63) is 63.9 Å². The third kappa shape index (κ3) is 6.66. The third-order valence-electron chi connectivity index (χ3n) is 4.06.